The highest BCUT2D eigenvalue weighted by molar-refractivity contribution is 5.80. The van der Waals surface area contributed by atoms with Crippen LogP contribution in [0.2, 0.25) is 0 Å². The average Bonchev–Trinajstić information content (AvgIpc) is 2.45. The molecule has 19 heavy (non-hydrogen) atoms. The van der Waals surface area contributed by atoms with Crippen molar-refractivity contribution in [3.05, 3.63) is 46.3 Å². The summed E-state index contributed by atoms with van der Waals surface area (Å²) in [5.41, 5.74) is 9.05. The molecule has 0 saturated carbocycles. The molecule has 0 aromatic heterocycles. The van der Waals surface area contributed by atoms with E-state index in [0.29, 0.717) is 0 Å². The van der Waals surface area contributed by atoms with Gasteiger partial charge >= 0.3 is 12.1 Å². The molecule has 0 saturated heterocycles. The smallest absolute Gasteiger partial charge is 0.408 e. The van der Waals surface area contributed by atoms with E-state index in [0.717, 1.165) is 12.7 Å². The topological polar surface area (TPSA) is 113 Å². The van der Waals surface area contributed by atoms with E-state index < -0.39 is 18.2 Å². The Morgan fingerprint density at radius 3 is 2.68 bits per heavy atom. The summed E-state index contributed by atoms with van der Waals surface area (Å²) < 4.78 is 9.21. The van der Waals surface area contributed by atoms with Gasteiger partial charge in [-0.15, -0.1) is 0 Å². The van der Waals surface area contributed by atoms with Crippen LogP contribution in [0.1, 0.15) is 5.56 Å². The molecule has 8 nitrogen and oxygen atoms in total. The Morgan fingerprint density at radius 2 is 2.11 bits per heavy atom. The highest BCUT2D eigenvalue weighted by atomic mass is 16.6. The van der Waals surface area contributed by atoms with Crippen molar-refractivity contribution in [1.82, 2.24) is 5.32 Å². The normalized spacial score (nSPS) is 10.8. The minimum atomic E-state index is -1.45. The lowest BCUT2D eigenvalue weighted by atomic mass is 10.2. The molecule has 1 amide bonds. The van der Waals surface area contributed by atoms with Crippen LogP contribution in [0.15, 0.2) is 35.4 Å². The average molecular weight is 264 g/mol. The van der Waals surface area contributed by atoms with E-state index in [-0.39, 0.29) is 6.61 Å². The summed E-state index contributed by atoms with van der Waals surface area (Å²) in [5, 5.41) is 5.17. The quantitative estimate of drug-likeness (QED) is 0.377. The summed E-state index contributed by atoms with van der Waals surface area (Å²) in [6, 6.07) is 8.98. The maximum atomic E-state index is 11.4. The molecule has 0 unspecified atom stereocenters. The van der Waals surface area contributed by atoms with Crippen LogP contribution >= 0.6 is 0 Å². The van der Waals surface area contributed by atoms with Crippen LogP contribution in [0.3, 0.4) is 0 Å². The van der Waals surface area contributed by atoms with Crippen LogP contribution in [0.5, 0.6) is 0 Å². The summed E-state index contributed by atoms with van der Waals surface area (Å²) in [7, 11) is 1.11. The van der Waals surface area contributed by atoms with Crippen LogP contribution in [0, 0.1) is 0 Å². The van der Waals surface area contributed by atoms with E-state index in [1.165, 1.54) is 0 Å². The first-order valence-corrected chi connectivity index (χ1v) is 5.26. The number of carbonyl (C=O) groups excluding carboxylic acids is 2. The summed E-state index contributed by atoms with van der Waals surface area (Å²) in [4.78, 5) is 25.0. The van der Waals surface area contributed by atoms with Crippen LogP contribution < -0.4 is 5.32 Å². The van der Waals surface area contributed by atoms with E-state index in [1.807, 2.05) is 6.07 Å². The maximum Gasteiger partial charge on any atom is 0.408 e. The van der Waals surface area contributed by atoms with Gasteiger partial charge in [-0.2, -0.15) is 0 Å². The minimum absolute atomic E-state index is 0.0385. The Balaban J connectivity index is 2.49. The number of rotatable bonds is 5. The number of methoxy groups -OCH3 is 1. The van der Waals surface area contributed by atoms with Gasteiger partial charge in [-0.3, -0.25) is 0 Å². The molecule has 0 radical (unpaired) electrons. The van der Waals surface area contributed by atoms with Crippen LogP contribution in [-0.4, -0.2) is 25.3 Å². The standard InChI is InChI=1S/C11H12N4O4/c1-18-10(16)9(14-15-12)13-11(17)19-7-8-5-3-2-4-6-8/h2-6,9H,7H2,1H3,(H,13,17)/t9-/m1/s1. The molecule has 0 aliphatic rings. The summed E-state index contributed by atoms with van der Waals surface area (Å²) in [6.45, 7) is 0.0385. The molecular formula is C11H12N4O4. The van der Waals surface area contributed by atoms with Gasteiger partial charge in [-0.25, -0.2) is 9.59 Å². The number of ether oxygens (including phenoxy) is 2. The lowest BCUT2D eigenvalue weighted by Crippen LogP contribution is -2.40. The predicted octanol–water partition coefficient (Wildman–Crippen LogP) is 1.72. The molecular weight excluding hydrogens is 252 g/mol. The number of amides is 1. The van der Waals surface area contributed by atoms with Gasteiger partial charge in [-0.1, -0.05) is 35.4 Å². The number of hydrogen-bond donors (Lipinski definition) is 1. The van der Waals surface area contributed by atoms with Crippen LogP contribution in [0.25, 0.3) is 10.4 Å². The summed E-state index contributed by atoms with van der Waals surface area (Å²) >= 11 is 0. The van der Waals surface area contributed by atoms with Crippen molar-refractivity contribution in [3.8, 4) is 0 Å². The molecule has 1 aromatic rings. The second kappa shape index (κ2) is 7.57. The van der Waals surface area contributed by atoms with Crippen molar-refractivity contribution >= 4 is 12.1 Å². The van der Waals surface area contributed by atoms with Crippen LogP contribution in [-0.2, 0) is 20.9 Å². The van der Waals surface area contributed by atoms with E-state index in [9.17, 15) is 9.59 Å². The first kappa shape index (κ1) is 14.3. The van der Waals surface area contributed by atoms with Gasteiger partial charge in [0.15, 0.2) is 0 Å². The fourth-order valence-corrected chi connectivity index (χ4v) is 1.17. The predicted molar refractivity (Wildman–Crippen MR) is 64.7 cm³/mol. The number of alkyl carbamates (subject to hydrolysis) is 1. The van der Waals surface area contributed by atoms with Gasteiger partial charge in [-0.05, 0) is 11.1 Å². The molecule has 1 aromatic carbocycles. The van der Waals surface area contributed by atoms with Crippen molar-refractivity contribution in [2.24, 2.45) is 5.11 Å². The first-order chi connectivity index (χ1) is 9.17. The molecule has 1 rings (SSSR count). The Morgan fingerprint density at radius 1 is 1.42 bits per heavy atom. The number of azide groups is 1. The second-order valence-corrected chi connectivity index (χ2v) is 3.34. The zero-order valence-electron chi connectivity index (χ0n) is 10.1. The van der Waals surface area contributed by atoms with Crippen molar-refractivity contribution < 1.29 is 19.1 Å². The number of esters is 1. The third kappa shape index (κ3) is 4.97. The Bertz CT molecular complexity index is 485. The van der Waals surface area contributed by atoms with Crippen molar-refractivity contribution in [2.75, 3.05) is 7.11 Å². The first-order valence-electron chi connectivity index (χ1n) is 5.26. The largest absolute Gasteiger partial charge is 0.467 e. The monoisotopic (exact) mass is 264 g/mol. The summed E-state index contributed by atoms with van der Waals surface area (Å²) in [6.07, 6.45) is -2.33. The number of carbonyl (C=O) groups is 2. The number of nitrogens with zero attached hydrogens (tertiary/aromatic N) is 3. The van der Waals surface area contributed by atoms with Gasteiger partial charge in [0.25, 0.3) is 0 Å². The van der Waals surface area contributed by atoms with Crippen LogP contribution in [0.4, 0.5) is 4.79 Å². The Kier molecular flexibility index (Phi) is 5.71. The van der Waals surface area contributed by atoms with E-state index >= 15 is 0 Å². The molecule has 0 aliphatic heterocycles. The fourth-order valence-electron chi connectivity index (χ4n) is 1.17. The number of hydrogen-bond acceptors (Lipinski definition) is 5. The highest BCUT2D eigenvalue weighted by Crippen LogP contribution is 2.01. The van der Waals surface area contributed by atoms with Gasteiger partial charge in [0.2, 0.25) is 6.17 Å². The Labute approximate surface area is 108 Å². The maximum absolute atomic E-state index is 11.4. The summed E-state index contributed by atoms with van der Waals surface area (Å²) in [5.74, 6) is -0.880. The van der Waals surface area contributed by atoms with Gasteiger partial charge in [0, 0.05) is 4.91 Å². The lowest BCUT2D eigenvalue weighted by molar-refractivity contribution is -0.142. The third-order valence-corrected chi connectivity index (χ3v) is 2.06. The highest BCUT2D eigenvalue weighted by Gasteiger charge is 2.20. The zero-order chi connectivity index (χ0) is 14.1. The van der Waals surface area contributed by atoms with E-state index in [2.05, 4.69) is 20.1 Å². The molecule has 0 bridgehead atoms. The van der Waals surface area contributed by atoms with Crippen molar-refractivity contribution in [1.29, 1.82) is 0 Å². The molecule has 0 heterocycles. The molecule has 0 aliphatic carbocycles. The zero-order valence-corrected chi connectivity index (χ0v) is 10.1. The van der Waals surface area contributed by atoms with E-state index in [1.54, 1.807) is 24.3 Å². The third-order valence-electron chi connectivity index (χ3n) is 2.06. The van der Waals surface area contributed by atoms with Gasteiger partial charge in [0.1, 0.15) is 6.61 Å². The number of benzene rings is 1. The van der Waals surface area contributed by atoms with Gasteiger partial charge in [0.05, 0.1) is 7.11 Å². The van der Waals surface area contributed by atoms with E-state index in [4.69, 9.17) is 10.3 Å². The second-order valence-electron chi connectivity index (χ2n) is 3.34. The lowest BCUT2D eigenvalue weighted by Gasteiger charge is -2.11. The molecule has 0 spiro atoms. The van der Waals surface area contributed by atoms with Gasteiger partial charge < -0.3 is 14.8 Å². The SMILES string of the molecule is COC(=O)[C@@H](N=[N+]=[N-])NC(=O)OCc1ccccc1. The molecule has 1 atom stereocenters. The molecule has 0 fully saturated rings. The Hall–Kier alpha value is -2.73. The minimum Gasteiger partial charge on any atom is -0.467 e. The molecule has 1 N–H and O–H groups in total. The van der Waals surface area contributed by atoms with Crippen molar-refractivity contribution in [3.63, 3.8) is 0 Å². The molecule has 8 heteroatoms. The van der Waals surface area contributed by atoms with Crippen molar-refractivity contribution in [2.45, 2.75) is 12.8 Å². The number of nitrogens with one attached hydrogen (secondary N) is 1. The molecule has 100 valence electrons. The fraction of sp³-hybridized carbons (Fsp3) is 0.273.